The molecule has 3 aliphatic rings. The van der Waals surface area contributed by atoms with Crippen molar-refractivity contribution in [3.05, 3.63) is 443 Å². The van der Waals surface area contributed by atoms with Gasteiger partial charge in [-0.05, 0) is 66.8 Å². The third-order valence-electron chi connectivity index (χ3n) is 21.5. The molecule has 12 aromatic rings. The molecule has 3 heterocycles. The van der Waals surface area contributed by atoms with Crippen molar-refractivity contribution in [1.29, 1.82) is 0 Å². The van der Waals surface area contributed by atoms with Crippen LogP contribution in [0.5, 0.6) is 0 Å². The highest BCUT2D eigenvalue weighted by atomic mass is 16.8. The lowest BCUT2D eigenvalue weighted by atomic mass is 9.80. The fourth-order valence-corrected chi connectivity index (χ4v) is 15.6. The average molecular weight is 1600 g/mol. The molecule has 16 nitrogen and oxygen atoms in total. The van der Waals surface area contributed by atoms with Crippen LogP contribution in [0.3, 0.4) is 0 Å². The molecule has 15 rings (SSSR count). The number of rotatable bonds is 42. The van der Waals surface area contributed by atoms with Crippen molar-refractivity contribution in [3.63, 3.8) is 0 Å². The van der Waals surface area contributed by atoms with E-state index in [2.05, 4.69) is 43.0 Å². The maximum atomic E-state index is 8.13. The molecule has 0 spiro atoms. The van der Waals surface area contributed by atoms with Gasteiger partial charge in [0.15, 0.2) is 18.9 Å². The summed E-state index contributed by atoms with van der Waals surface area (Å²) in [5, 5.41) is 0. The van der Waals surface area contributed by atoms with Crippen molar-refractivity contribution in [2.45, 2.75) is 157 Å². The maximum Gasteiger partial charge on any atom is 0.187 e. The van der Waals surface area contributed by atoms with Crippen LogP contribution in [0.2, 0.25) is 0 Å². The normalized spacial score (nSPS) is 23.2. The van der Waals surface area contributed by atoms with E-state index in [0.29, 0.717) is 0 Å². The van der Waals surface area contributed by atoms with E-state index in [-0.39, 0.29) is 85.9 Å². The summed E-state index contributed by atoms with van der Waals surface area (Å²) >= 11 is 0. The molecule has 3 saturated heterocycles. The fraction of sp³-hybridized carbons (Fsp3) is 0.282. The van der Waals surface area contributed by atoms with Gasteiger partial charge < -0.3 is 75.8 Å². The second kappa shape index (κ2) is 44.2. The molecule has 16 heteroatoms. The van der Waals surface area contributed by atoms with E-state index in [4.69, 9.17) is 75.8 Å². The van der Waals surface area contributed by atoms with Crippen molar-refractivity contribution >= 4 is 0 Å². The summed E-state index contributed by atoms with van der Waals surface area (Å²) in [6.45, 7) is 5.43. The van der Waals surface area contributed by atoms with Crippen LogP contribution in [0.4, 0.5) is 0 Å². The smallest absolute Gasteiger partial charge is 0.187 e. The van der Waals surface area contributed by atoms with E-state index in [1.165, 1.54) is 0 Å². The Labute approximate surface area is 698 Å². The highest BCUT2D eigenvalue weighted by Crippen LogP contribution is 2.44. The Morgan fingerprint density at radius 2 is 0.445 bits per heavy atom. The lowest BCUT2D eigenvalue weighted by molar-refractivity contribution is -0.395. The summed E-state index contributed by atoms with van der Waals surface area (Å²) in [4.78, 5) is 0. The molecule has 0 bridgehead atoms. The molecule has 0 N–H and O–H groups in total. The first-order valence-electron chi connectivity index (χ1n) is 41.1. The van der Waals surface area contributed by atoms with Gasteiger partial charge in [-0.2, -0.15) is 0 Å². The van der Waals surface area contributed by atoms with Gasteiger partial charge in [-0.15, -0.1) is 6.58 Å². The minimum atomic E-state index is -1.34. The van der Waals surface area contributed by atoms with Gasteiger partial charge in [-0.25, -0.2) is 0 Å². The molecule has 0 radical (unpaired) electrons. The summed E-state index contributed by atoms with van der Waals surface area (Å²) in [6.07, 6.45) is -14.3. The first-order valence-corrected chi connectivity index (χ1v) is 41.1. The van der Waals surface area contributed by atoms with Gasteiger partial charge in [0.05, 0.1) is 85.9 Å². The first-order chi connectivity index (χ1) is 59.0. The number of benzene rings is 12. The Kier molecular flexibility index (Phi) is 31.1. The SMILES string of the molecule is C=CCOC1OC(COCc2ccccc2)C(OC2OC(COCc3ccccc3)C(OC3OC(COC(c4ccccc4)(c4ccccc4)c4ccccc4)C(OCc4ccccc4)C(OCc4ccccc4)C3OCc3ccccc3)C(OCc3ccccc3)C2OCc2ccccc2)C(OCc2ccccc2)C1OCc1ccccc1. The molecular formula is C103H104O16. The van der Waals surface area contributed by atoms with Crippen LogP contribution in [0.25, 0.3) is 0 Å². The molecule has 0 saturated carbocycles. The summed E-state index contributed by atoms with van der Waals surface area (Å²) in [5.74, 6) is 0. The Bertz CT molecular complexity index is 4720. The largest absolute Gasteiger partial charge is 0.374 e. The third-order valence-corrected chi connectivity index (χ3v) is 21.5. The molecule has 119 heavy (non-hydrogen) atoms. The minimum Gasteiger partial charge on any atom is -0.374 e. The number of ether oxygens (including phenoxy) is 16. The van der Waals surface area contributed by atoms with Gasteiger partial charge in [-0.1, -0.05) is 370 Å². The van der Waals surface area contributed by atoms with Crippen molar-refractivity contribution in [3.8, 4) is 0 Å². The fourth-order valence-electron chi connectivity index (χ4n) is 15.6. The van der Waals surface area contributed by atoms with Crippen LogP contribution in [0.15, 0.2) is 377 Å². The second-order valence-electron chi connectivity index (χ2n) is 29.9. The lowest BCUT2D eigenvalue weighted by Gasteiger charge is -2.52. The van der Waals surface area contributed by atoms with E-state index >= 15 is 0 Å². The Morgan fingerprint density at radius 1 is 0.227 bits per heavy atom. The maximum absolute atomic E-state index is 8.13. The Hall–Kier alpha value is -10.3. The van der Waals surface area contributed by atoms with Crippen molar-refractivity contribution < 1.29 is 75.8 Å². The van der Waals surface area contributed by atoms with Crippen molar-refractivity contribution in [2.75, 3.05) is 26.4 Å². The van der Waals surface area contributed by atoms with E-state index in [9.17, 15) is 0 Å². The van der Waals surface area contributed by atoms with Crippen molar-refractivity contribution in [2.24, 2.45) is 0 Å². The van der Waals surface area contributed by atoms with Crippen LogP contribution < -0.4 is 0 Å². The molecule has 15 unspecified atom stereocenters. The summed E-state index contributed by atoms with van der Waals surface area (Å²) in [6, 6.07) is 121. The Morgan fingerprint density at radius 3 is 0.723 bits per heavy atom. The van der Waals surface area contributed by atoms with E-state index in [0.717, 1.165) is 66.8 Å². The Balaban J connectivity index is 0.890. The standard InChI is InChI=1S/C103H104O16/c1-2-63-106-100-97(111-70-82-51-27-9-28-52-82)95(109-68-80-47-23-7-24-48-80)92(88(115-100)73-104-64-76-39-15-3-16-40-76)118-102-99(113-72-84-55-31-11-32-56-84)96(110-69-81-49-25-8-26-50-81)93(89(116-102)74-105-65-77-41-17-4-18-42-77)119-101-98(112-71-83-53-29-10-30-54-83)94(108-67-79-45-21-6-22-46-79)91(107-66-78-43-19-5-20-44-78)90(117-101)75-114-103(85-57-33-12-34-58-85,86-59-35-13-36-60-86)87-61-37-14-38-62-87/h2-62,88-102H,1,63-75H2. The molecule has 612 valence electrons. The second-order valence-corrected chi connectivity index (χ2v) is 29.9. The zero-order valence-electron chi connectivity index (χ0n) is 66.8. The molecule has 12 aromatic carbocycles. The monoisotopic (exact) mass is 1600 g/mol. The zero-order valence-corrected chi connectivity index (χ0v) is 66.8. The molecule has 3 aliphatic heterocycles. The van der Waals surface area contributed by atoms with Crippen LogP contribution in [-0.2, 0) is 141 Å². The molecular weight excluding hydrogens is 1490 g/mol. The predicted molar refractivity (Wildman–Crippen MR) is 454 cm³/mol. The minimum absolute atomic E-state index is 0.0106. The van der Waals surface area contributed by atoms with Gasteiger partial charge in [0.2, 0.25) is 0 Å². The van der Waals surface area contributed by atoms with Gasteiger partial charge in [0, 0.05) is 0 Å². The summed E-state index contributed by atoms with van der Waals surface area (Å²) < 4.78 is 120. The van der Waals surface area contributed by atoms with Gasteiger partial charge >= 0.3 is 0 Å². The van der Waals surface area contributed by atoms with E-state index in [1.54, 1.807) is 6.08 Å². The molecule has 0 amide bonds. The lowest BCUT2D eigenvalue weighted by Crippen LogP contribution is -2.68. The summed E-state index contributed by atoms with van der Waals surface area (Å²) in [5.41, 5.74) is 9.74. The van der Waals surface area contributed by atoms with E-state index < -0.39 is 97.7 Å². The molecule has 3 fully saturated rings. The molecule has 0 aromatic heterocycles. The van der Waals surface area contributed by atoms with Crippen LogP contribution in [0, 0.1) is 0 Å². The highest BCUT2D eigenvalue weighted by Gasteiger charge is 2.58. The van der Waals surface area contributed by atoms with Crippen molar-refractivity contribution in [1.82, 2.24) is 0 Å². The first kappa shape index (κ1) is 83.8. The zero-order chi connectivity index (χ0) is 80.7. The molecule has 15 atom stereocenters. The van der Waals surface area contributed by atoms with Gasteiger partial charge in [-0.3, -0.25) is 0 Å². The van der Waals surface area contributed by atoms with E-state index in [1.807, 2.05) is 328 Å². The highest BCUT2D eigenvalue weighted by molar-refractivity contribution is 5.47. The third kappa shape index (κ3) is 23.0. The van der Waals surface area contributed by atoms with Crippen LogP contribution in [-0.4, -0.2) is 119 Å². The average Bonchev–Trinajstić information content (AvgIpc) is 0.737. The van der Waals surface area contributed by atoms with Gasteiger partial charge in [0.1, 0.15) is 78.8 Å². The topological polar surface area (TPSA) is 148 Å². The number of hydrogen-bond acceptors (Lipinski definition) is 16. The summed E-state index contributed by atoms with van der Waals surface area (Å²) in [7, 11) is 0. The predicted octanol–water partition coefficient (Wildman–Crippen LogP) is 18.7. The van der Waals surface area contributed by atoms with Crippen LogP contribution in [0.1, 0.15) is 66.8 Å². The van der Waals surface area contributed by atoms with Gasteiger partial charge in [0.25, 0.3) is 0 Å². The van der Waals surface area contributed by atoms with Crippen LogP contribution >= 0.6 is 0 Å². The quantitative estimate of drug-likeness (QED) is 0.0264. The number of hydrogen-bond donors (Lipinski definition) is 0. The molecule has 0 aliphatic carbocycles.